The molecule has 3 atom stereocenters. The fourth-order valence-electron chi connectivity index (χ4n) is 3.06. The number of hydrogen-bond donors (Lipinski definition) is 1. The van der Waals surface area contributed by atoms with E-state index in [1.54, 1.807) is 0 Å². The molecule has 2 aromatic carbocycles. The summed E-state index contributed by atoms with van der Waals surface area (Å²) in [7, 11) is 0. The number of esters is 1. The van der Waals surface area contributed by atoms with Gasteiger partial charge >= 0.3 is 12.1 Å². The number of amides is 1. The summed E-state index contributed by atoms with van der Waals surface area (Å²) in [5, 5.41) is 2.88. The van der Waals surface area contributed by atoms with Crippen LogP contribution in [0, 0.1) is 5.92 Å². The predicted molar refractivity (Wildman–Crippen MR) is 97.4 cm³/mol. The summed E-state index contributed by atoms with van der Waals surface area (Å²) in [6.07, 6.45) is 0.314. The smallest absolute Gasteiger partial charge is 0.407 e. The van der Waals surface area contributed by atoms with Gasteiger partial charge in [0.25, 0.3) is 0 Å². The SMILES string of the molecule is CC1C[C@@H]([C@H](Cc2ccccc2)NC(=O)OCc2ccccc2)OC1=O. The molecule has 3 rings (SSSR count). The van der Waals surface area contributed by atoms with Crippen LogP contribution in [0.1, 0.15) is 24.5 Å². The maximum atomic E-state index is 12.3. The van der Waals surface area contributed by atoms with Crippen LogP contribution in [-0.4, -0.2) is 24.2 Å². The van der Waals surface area contributed by atoms with Crippen LogP contribution >= 0.6 is 0 Å². The van der Waals surface area contributed by atoms with Crippen molar-refractivity contribution < 1.29 is 19.1 Å². The zero-order valence-electron chi connectivity index (χ0n) is 14.8. The van der Waals surface area contributed by atoms with E-state index in [0.717, 1.165) is 11.1 Å². The van der Waals surface area contributed by atoms with Gasteiger partial charge in [-0.3, -0.25) is 4.79 Å². The highest BCUT2D eigenvalue weighted by molar-refractivity contribution is 5.74. The fraction of sp³-hybridized carbons (Fsp3) is 0.333. The van der Waals surface area contributed by atoms with Gasteiger partial charge < -0.3 is 14.8 Å². The molecule has 5 heteroatoms. The van der Waals surface area contributed by atoms with Gasteiger partial charge in [-0.1, -0.05) is 67.6 Å². The summed E-state index contributed by atoms with van der Waals surface area (Å²) in [4.78, 5) is 24.0. The van der Waals surface area contributed by atoms with Crippen molar-refractivity contribution in [3.8, 4) is 0 Å². The van der Waals surface area contributed by atoms with E-state index in [1.807, 2.05) is 67.6 Å². The molecular formula is C21H23NO4. The molecule has 1 aliphatic rings. The summed E-state index contributed by atoms with van der Waals surface area (Å²) in [6.45, 7) is 2.04. The molecular weight excluding hydrogens is 330 g/mol. The van der Waals surface area contributed by atoms with Gasteiger partial charge in [-0.05, 0) is 24.0 Å². The average molecular weight is 353 g/mol. The average Bonchev–Trinajstić information content (AvgIpc) is 3.00. The Morgan fingerprint density at radius 2 is 1.73 bits per heavy atom. The van der Waals surface area contributed by atoms with Gasteiger partial charge in [-0.2, -0.15) is 0 Å². The van der Waals surface area contributed by atoms with Crippen LogP contribution in [-0.2, 0) is 27.3 Å². The van der Waals surface area contributed by atoms with Crippen LogP contribution < -0.4 is 5.32 Å². The highest BCUT2D eigenvalue weighted by atomic mass is 16.6. The zero-order chi connectivity index (χ0) is 18.4. The standard InChI is InChI=1S/C21H23NO4/c1-15-12-19(26-20(15)23)18(13-16-8-4-2-5-9-16)22-21(24)25-14-17-10-6-3-7-11-17/h2-11,15,18-19H,12-14H2,1H3,(H,22,24)/t15?,18-,19-/m0/s1. The largest absolute Gasteiger partial charge is 0.460 e. The first-order chi connectivity index (χ1) is 12.6. The lowest BCUT2D eigenvalue weighted by Crippen LogP contribution is -2.45. The molecule has 0 radical (unpaired) electrons. The molecule has 1 N–H and O–H groups in total. The van der Waals surface area contributed by atoms with E-state index in [0.29, 0.717) is 12.8 Å². The van der Waals surface area contributed by atoms with Gasteiger partial charge in [0.05, 0.1) is 12.0 Å². The second kappa shape index (κ2) is 8.52. The molecule has 0 aliphatic carbocycles. The summed E-state index contributed by atoms with van der Waals surface area (Å²) in [5.74, 6) is -0.368. The molecule has 2 aromatic rings. The Labute approximate surface area is 153 Å². The second-order valence-corrected chi connectivity index (χ2v) is 6.61. The van der Waals surface area contributed by atoms with Gasteiger partial charge in [-0.15, -0.1) is 0 Å². The van der Waals surface area contributed by atoms with E-state index in [-0.39, 0.29) is 30.6 Å². The molecule has 1 fully saturated rings. The highest BCUT2D eigenvalue weighted by Crippen LogP contribution is 2.24. The molecule has 1 amide bonds. The number of rotatable bonds is 6. The maximum Gasteiger partial charge on any atom is 0.407 e. The van der Waals surface area contributed by atoms with E-state index in [4.69, 9.17) is 9.47 Å². The Kier molecular flexibility index (Phi) is 5.89. The van der Waals surface area contributed by atoms with E-state index in [2.05, 4.69) is 5.32 Å². The first-order valence-electron chi connectivity index (χ1n) is 8.83. The van der Waals surface area contributed by atoms with E-state index < -0.39 is 6.09 Å². The van der Waals surface area contributed by atoms with Gasteiger partial charge in [0.2, 0.25) is 0 Å². The Morgan fingerprint density at radius 3 is 2.31 bits per heavy atom. The summed E-state index contributed by atoms with van der Waals surface area (Å²) in [5.41, 5.74) is 1.99. The molecule has 26 heavy (non-hydrogen) atoms. The van der Waals surface area contributed by atoms with Crippen molar-refractivity contribution >= 4 is 12.1 Å². The van der Waals surface area contributed by atoms with Crippen molar-refractivity contribution in [2.75, 3.05) is 0 Å². The van der Waals surface area contributed by atoms with Crippen molar-refractivity contribution in [2.24, 2.45) is 5.92 Å². The Bertz CT molecular complexity index is 732. The molecule has 136 valence electrons. The lowest BCUT2D eigenvalue weighted by Gasteiger charge is -2.23. The van der Waals surface area contributed by atoms with Crippen LogP contribution in [0.2, 0.25) is 0 Å². The third kappa shape index (κ3) is 4.85. The Hall–Kier alpha value is -2.82. The van der Waals surface area contributed by atoms with Crippen LogP contribution in [0.5, 0.6) is 0 Å². The monoisotopic (exact) mass is 353 g/mol. The number of nitrogens with one attached hydrogen (secondary N) is 1. The number of benzene rings is 2. The first kappa shape index (κ1) is 18.0. The normalized spacial score (nSPS) is 20.3. The number of carbonyl (C=O) groups is 2. The molecule has 0 bridgehead atoms. The van der Waals surface area contributed by atoms with Crippen molar-refractivity contribution in [1.29, 1.82) is 0 Å². The third-order valence-corrected chi connectivity index (χ3v) is 4.52. The Balaban J connectivity index is 1.63. The van der Waals surface area contributed by atoms with E-state index >= 15 is 0 Å². The number of hydrogen-bond acceptors (Lipinski definition) is 4. The second-order valence-electron chi connectivity index (χ2n) is 6.61. The molecule has 1 unspecified atom stereocenters. The summed E-state index contributed by atoms with van der Waals surface area (Å²) < 4.78 is 10.8. The molecule has 1 saturated heterocycles. The van der Waals surface area contributed by atoms with Crippen molar-refractivity contribution in [1.82, 2.24) is 5.32 Å². The van der Waals surface area contributed by atoms with Crippen LogP contribution in [0.15, 0.2) is 60.7 Å². The fourth-order valence-corrected chi connectivity index (χ4v) is 3.06. The maximum absolute atomic E-state index is 12.3. The molecule has 0 aromatic heterocycles. The van der Waals surface area contributed by atoms with E-state index in [1.165, 1.54) is 0 Å². The molecule has 1 heterocycles. The third-order valence-electron chi connectivity index (χ3n) is 4.52. The van der Waals surface area contributed by atoms with Crippen LogP contribution in [0.3, 0.4) is 0 Å². The number of cyclic esters (lactones) is 1. The Morgan fingerprint density at radius 1 is 1.12 bits per heavy atom. The quantitative estimate of drug-likeness (QED) is 0.808. The molecule has 0 saturated carbocycles. The summed E-state index contributed by atoms with van der Waals surface area (Å²) in [6, 6.07) is 19.0. The first-order valence-corrected chi connectivity index (χ1v) is 8.83. The minimum atomic E-state index is -0.509. The molecule has 0 spiro atoms. The van der Waals surface area contributed by atoms with Crippen LogP contribution in [0.4, 0.5) is 4.79 Å². The van der Waals surface area contributed by atoms with Gasteiger partial charge in [-0.25, -0.2) is 4.79 Å². The van der Waals surface area contributed by atoms with Crippen molar-refractivity contribution in [2.45, 2.75) is 38.5 Å². The number of ether oxygens (including phenoxy) is 2. The topological polar surface area (TPSA) is 64.6 Å². The lowest BCUT2D eigenvalue weighted by atomic mass is 9.97. The van der Waals surface area contributed by atoms with Gasteiger partial charge in [0.1, 0.15) is 12.7 Å². The summed E-state index contributed by atoms with van der Waals surface area (Å²) >= 11 is 0. The minimum Gasteiger partial charge on any atom is -0.460 e. The van der Waals surface area contributed by atoms with Crippen LogP contribution in [0.25, 0.3) is 0 Å². The number of alkyl carbamates (subject to hydrolysis) is 1. The van der Waals surface area contributed by atoms with Crippen molar-refractivity contribution in [3.05, 3.63) is 71.8 Å². The van der Waals surface area contributed by atoms with E-state index in [9.17, 15) is 9.59 Å². The van der Waals surface area contributed by atoms with Gasteiger partial charge in [0, 0.05) is 0 Å². The molecule has 5 nitrogen and oxygen atoms in total. The van der Waals surface area contributed by atoms with Crippen molar-refractivity contribution in [3.63, 3.8) is 0 Å². The van der Waals surface area contributed by atoms with Gasteiger partial charge in [0.15, 0.2) is 0 Å². The lowest BCUT2D eigenvalue weighted by molar-refractivity contribution is -0.144. The minimum absolute atomic E-state index is 0.152. The zero-order valence-corrected chi connectivity index (χ0v) is 14.8. The highest BCUT2D eigenvalue weighted by Gasteiger charge is 2.37. The predicted octanol–water partition coefficient (Wildman–Crippen LogP) is 3.48. The molecule has 1 aliphatic heterocycles. The number of carbonyl (C=O) groups excluding carboxylic acids is 2.